The highest BCUT2D eigenvalue weighted by Crippen LogP contribution is 2.27. The number of hydrogen-bond donors (Lipinski definition) is 3. The van der Waals surface area contributed by atoms with Crippen LogP contribution in [0.3, 0.4) is 0 Å². The molecule has 0 saturated carbocycles. The molecule has 3 N–H and O–H groups in total. The predicted octanol–water partition coefficient (Wildman–Crippen LogP) is 3.14. The summed E-state index contributed by atoms with van der Waals surface area (Å²) in [6, 6.07) is 4.13. The van der Waals surface area contributed by atoms with Crippen LogP contribution in [0.2, 0.25) is 0 Å². The zero-order valence-electron chi connectivity index (χ0n) is 21.6. The quantitative estimate of drug-likeness (QED) is 0.503. The number of nitrogens with zero attached hydrogens (tertiary/aromatic N) is 1. The fourth-order valence-corrected chi connectivity index (χ4v) is 3.25. The van der Waals surface area contributed by atoms with Crippen molar-refractivity contribution in [3.63, 3.8) is 0 Å². The molecule has 0 aliphatic heterocycles. The minimum atomic E-state index is -1.29. The van der Waals surface area contributed by atoms with Crippen LogP contribution in [0.4, 0.5) is 4.79 Å². The third-order valence-electron chi connectivity index (χ3n) is 4.91. The Hall–Kier alpha value is -3.05. The van der Waals surface area contributed by atoms with Gasteiger partial charge in [0.1, 0.15) is 17.7 Å². The highest BCUT2D eigenvalue weighted by Gasteiger charge is 2.39. The van der Waals surface area contributed by atoms with Gasteiger partial charge in [-0.25, -0.2) is 4.79 Å². The van der Waals surface area contributed by atoms with E-state index >= 15 is 0 Å². The lowest BCUT2D eigenvalue weighted by Gasteiger charge is -2.39. The Morgan fingerprint density at radius 3 is 2.09 bits per heavy atom. The first-order valence-electron chi connectivity index (χ1n) is 11.4. The summed E-state index contributed by atoms with van der Waals surface area (Å²) in [5.74, 6) is 1.55. The summed E-state index contributed by atoms with van der Waals surface area (Å²) in [6.07, 6.45) is 5.18. The largest absolute Gasteiger partial charge is 0.444 e. The van der Waals surface area contributed by atoms with Gasteiger partial charge in [0, 0.05) is 17.1 Å². The van der Waals surface area contributed by atoms with Crippen LogP contribution in [0.1, 0.15) is 79.0 Å². The van der Waals surface area contributed by atoms with Crippen LogP contribution in [0.5, 0.6) is 0 Å². The zero-order chi connectivity index (χ0) is 26.3. The van der Waals surface area contributed by atoms with Gasteiger partial charge in [0.05, 0.1) is 6.61 Å². The van der Waals surface area contributed by atoms with Crippen molar-refractivity contribution >= 4 is 17.9 Å². The summed E-state index contributed by atoms with van der Waals surface area (Å²) < 4.78 is 5.24. The molecule has 3 atom stereocenters. The standard InChI is InChI=1S/C26H39N3O5/c1-10-17(3)29(23(32)20(16-30)27-24(33)34-26(7,8)9)21(22(31)28-25(4,5)6)19-14-12-18(11-2)13-15-19/h2,12-15,17,20-21,30H,10,16H2,1,3-9H3,(H,27,33)(H,28,31). The van der Waals surface area contributed by atoms with Crippen molar-refractivity contribution in [3.8, 4) is 12.3 Å². The fraction of sp³-hybridized carbons (Fsp3) is 0.577. The lowest BCUT2D eigenvalue weighted by molar-refractivity contribution is -0.146. The summed E-state index contributed by atoms with van der Waals surface area (Å²) in [4.78, 5) is 40.9. The van der Waals surface area contributed by atoms with Crippen LogP contribution in [-0.2, 0) is 14.3 Å². The van der Waals surface area contributed by atoms with Crippen molar-refractivity contribution in [3.05, 3.63) is 35.4 Å². The van der Waals surface area contributed by atoms with E-state index in [1.807, 2.05) is 34.6 Å². The lowest BCUT2D eigenvalue weighted by atomic mass is 9.97. The second-order valence-corrected chi connectivity index (χ2v) is 10.3. The number of carbonyl (C=O) groups excluding carboxylic acids is 3. The number of ether oxygens (including phenoxy) is 1. The zero-order valence-corrected chi connectivity index (χ0v) is 21.6. The summed E-state index contributed by atoms with van der Waals surface area (Å²) >= 11 is 0. The molecule has 0 aromatic heterocycles. The Kier molecular flexibility index (Phi) is 10.1. The van der Waals surface area contributed by atoms with Crippen molar-refractivity contribution in [1.29, 1.82) is 0 Å². The molecule has 8 nitrogen and oxygen atoms in total. The number of nitrogens with one attached hydrogen (secondary N) is 2. The predicted molar refractivity (Wildman–Crippen MR) is 132 cm³/mol. The summed E-state index contributed by atoms with van der Waals surface area (Å²) in [6.45, 7) is 13.7. The van der Waals surface area contributed by atoms with Gasteiger partial charge in [-0.15, -0.1) is 6.42 Å². The van der Waals surface area contributed by atoms with Gasteiger partial charge < -0.3 is 25.4 Å². The van der Waals surface area contributed by atoms with Gasteiger partial charge in [0.2, 0.25) is 11.8 Å². The smallest absolute Gasteiger partial charge is 0.408 e. The molecule has 1 aromatic rings. The molecule has 0 bridgehead atoms. The van der Waals surface area contributed by atoms with E-state index in [9.17, 15) is 19.5 Å². The molecule has 0 aliphatic rings. The molecule has 3 amide bonds. The number of rotatable bonds is 8. The molecule has 1 aromatic carbocycles. The molecular formula is C26H39N3O5. The van der Waals surface area contributed by atoms with Gasteiger partial charge in [-0.05, 0) is 72.6 Å². The average molecular weight is 474 g/mol. The number of aliphatic hydroxyl groups excluding tert-OH is 1. The molecule has 0 heterocycles. The first kappa shape index (κ1) is 29.0. The van der Waals surface area contributed by atoms with Crippen LogP contribution in [-0.4, -0.2) is 57.7 Å². The summed E-state index contributed by atoms with van der Waals surface area (Å²) in [5, 5.41) is 15.3. The van der Waals surface area contributed by atoms with E-state index in [1.165, 1.54) is 4.90 Å². The second kappa shape index (κ2) is 11.9. The number of alkyl carbamates (subject to hydrolysis) is 1. The van der Waals surface area contributed by atoms with E-state index < -0.39 is 41.8 Å². The summed E-state index contributed by atoms with van der Waals surface area (Å²) in [7, 11) is 0. The van der Waals surface area contributed by atoms with E-state index in [0.717, 1.165) is 0 Å². The molecule has 188 valence electrons. The molecule has 0 saturated heterocycles. The molecule has 0 radical (unpaired) electrons. The maximum Gasteiger partial charge on any atom is 0.408 e. The maximum atomic E-state index is 13.7. The van der Waals surface area contributed by atoms with E-state index in [2.05, 4.69) is 16.6 Å². The van der Waals surface area contributed by atoms with Gasteiger partial charge in [-0.1, -0.05) is 25.0 Å². The van der Waals surface area contributed by atoms with E-state index in [0.29, 0.717) is 17.5 Å². The van der Waals surface area contributed by atoms with Gasteiger partial charge in [-0.3, -0.25) is 9.59 Å². The SMILES string of the molecule is C#Cc1ccc(C(C(=O)NC(C)(C)C)N(C(=O)C(CO)NC(=O)OC(C)(C)C)C(C)CC)cc1. The molecule has 1 rings (SSSR count). The Morgan fingerprint density at radius 1 is 1.12 bits per heavy atom. The number of hydrogen-bond acceptors (Lipinski definition) is 5. The molecule has 34 heavy (non-hydrogen) atoms. The Balaban J connectivity index is 3.48. The molecule has 0 aliphatic carbocycles. The first-order chi connectivity index (χ1) is 15.6. The summed E-state index contributed by atoms with van der Waals surface area (Å²) in [5.41, 5.74) is -0.135. The normalized spacial score (nSPS) is 14.2. The molecule has 8 heteroatoms. The van der Waals surface area contributed by atoms with Gasteiger partial charge >= 0.3 is 6.09 Å². The molecular weight excluding hydrogens is 434 g/mol. The van der Waals surface area contributed by atoms with Crippen LogP contribution in [0.25, 0.3) is 0 Å². The maximum absolute atomic E-state index is 13.7. The second-order valence-electron chi connectivity index (χ2n) is 10.3. The number of amides is 3. The number of benzene rings is 1. The first-order valence-corrected chi connectivity index (χ1v) is 11.4. The van der Waals surface area contributed by atoms with Crippen molar-refractivity contribution in [1.82, 2.24) is 15.5 Å². The highest BCUT2D eigenvalue weighted by molar-refractivity contribution is 5.92. The Morgan fingerprint density at radius 2 is 1.68 bits per heavy atom. The van der Waals surface area contributed by atoms with Crippen LogP contribution in [0.15, 0.2) is 24.3 Å². The van der Waals surface area contributed by atoms with Gasteiger partial charge in [-0.2, -0.15) is 0 Å². The van der Waals surface area contributed by atoms with E-state index in [-0.39, 0.29) is 11.9 Å². The van der Waals surface area contributed by atoms with Gasteiger partial charge in [0.25, 0.3) is 0 Å². The molecule has 0 spiro atoms. The van der Waals surface area contributed by atoms with Gasteiger partial charge in [0.15, 0.2) is 0 Å². The van der Waals surface area contributed by atoms with Crippen LogP contribution < -0.4 is 10.6 Å². The minimum Gasteiger partial charge on any atom is -0.444 e. The van der Waals surface area contributed by atoms with Crippen LogP contribution in [0, 0.1) is 12.3 Å². The van der Waals surface area contributed by atoms with Crippen molar-refractivity contribution in [2.75, 3.05) is 6.61 Å². The van der Waals surface area contributed by atoms with Crippen molar-refractivity contribution in [2.24, 2.45) is 0 Å². The van der Waals surface area contributed by atoms with E-state index in [4.69, 9.17) is 11.2 Å². The Labute approximate surface area is 203 Å². The minimum absolute atomic E-state index is 0.384. The number of terminal acetylenes is 1. The monoisotopic (exact) mass is 473 g/mol. The third kappa shape index (κ3) is 8.71. The van der Waals surface area contributed by atoms with Crippen molar-refractivity contribution in [2.45, 2.75) is 91.1 Å². The highest BCUT2D eigenvalue weighted by atomic mass is 16.6. The number of carbonyl (C=O) groups is 3. The Bertz CT molecular complexity index is 891. The van der Waals surface area contributed by atoms with Crippen LogP contribution >= 0.6 is 0 Å². The lowest BCUT2D eigenvalue weighted by Crippen LogP contribution is -2.57. The molecule has 0 fully saturated rings. The number of aliphatic hydroxyl groups is 1. The topological polar surface area (TPSA) is 108 Å². The fourth-order valence-electron chi connectivity index (χ4n) is 3.25. The van der Waals surface area contributed by atoms with E-state index in [1.54, 1.807) is 45.0 Å². The third-order valence-corrected chi connectivity index (χ3v) is 4.91. The average Bonchev–Trinajstić information content (AvgIpc) is 2.72. The van der Waals surface area contributed by atoms with Crippen molar-refractivity contribution < 1.29 is 24.2 Å². The molecule has 3 unspecified atom stereocenters.